The largest absolute Gasteiger partial charge is 0.352 e. The van der Waals surface area contributed by atoms with Gasteiger partial charge in [-0.1, -0.05) is 60.1 Å². The van der Waals surface area contributed by atoms with Crippen molar-refractivity contribution in [2.75, 3.05) is 26.7 Å². The molecule has 2 aromatic rings. The number of likely N-dealkylation sites (N-methyl/N-ethyl adjacent to an activating group) is 1. The van der Waals surface area contributed by atoms with Crippen molar-refractivity contribution in [2.24, 2.45) is 5.73 Å². The van der Waals surface area contributed by atoms with Crippen molar-refractivity contribution in [3.63, 3.8) is 0 Å². The number of primary amides is 1. The number of rotatable bonds is 5. The standard InChI is InChI=1S/C21H25ClN4O2/c1-25-11-12-26(19(14-25)15-7-3-2-4-8-15)20(27)13-18(24-21(23)28)16-9-5-6-10-17(16)22/h2-10,18-19H,11-14H2,1H3,(H3,23,24,28)/t18-,19+/m0/s1. The molecule has 1 heterocycles. The number of urea groups is 1. The second kappa shape index (κ2) is 9.08. The number of nitrogens with one attached hydrogen (secondary N) is 1. The quantitative estimate of drug-likeness (QED) is 0.809. The molecule has 0 bridgehead atoms. The highest BCUT2D eigenvalue weighted by Crippen LogP contribution is 2.29. The molecule has 2 aromatic carbocycles. The van der Waals surface area contributed by atoms with Crippen LogP contribution in [0.2, 0.25) is 5.02 Å². The third kappa shape index (κ3) is 4.82. The number of amides is 3. The zero-order valence-corrected chi connectivity index (χ0v) is 16.6. The maximum absolute atomic E-state index is 13.2. The van der Waals surface area contributed by atoms with Crippen LogP contribution in [-0.2, 0) is 4.79 Å². The second-order valence-electron chi connectivity index (χ2n) is 7.06. The van der Waals surface area contributed by atoms with Crippen LogP contribution in [0.15, 0.2) is 54.6 Å². The highest BCUT2D eigenvalue weighted by Gasteiger charge is 2.32. The fourth-order valence-electron chi connectivity index (χ4n) is 3.64. The molecule has 1 aliphatic heterocycles. The van der Waals surface area contributed by atoms with E-state index in [9.17, 15) is 9.59 Å². The van der Waals surface area contributed by atoms with Gasteiger partial charge >= 0.3 is 6.03 Å². The van der Waals surface area contributed by atoms with Gasteiger partial charge in [-0.15, -0.1) is 0 Å². The molecule has 0 aliphatic carbocycles. The minimum absolute atomic E-state index is 0.0343. The van der Waals surface area contributed by atoms with Gasteiger partial charge in [0.15, 0.2) is 0 Å². The SMILES string of the molecule is CN1CCN(C(=O)C[C@H](NC(N)=O)c2ccccc2Cl)[C@@H](c2ccccc2)C1. The zero-order chi connectivity index (χ0) is 20.1. The summed E-state index contributed by atoms with van der Waals surface area (Å²) in [6, 6.07) is 15.9. The molecule has 148 valence electrons. The molecule has 3 rings (SSSR count). The lowest BCUT2D eigenvalue weighted by Crippen LogP contribution is -2.50. The van der Waals surface area contributed by atoms with Gasteiger partial charge in [-0.2, -0.15) is 0 Å². The Morgan fingerprint density at radius 2 is 1.82 bits per heavy atom. The number of carbonyl (C=O) groups excluding carboxylic acids is 2. The molecule has 0 saturated carbocycles. The lowest BCUT2D eigenvalue weighted by Gasteiger charge is -2.41. The topological polar surface area (TPSA) is 78.7 Å². The van der Waals surface area contributed by atoms with E-state index in [2.05, 4.69) is 17.3 Å². The van der Waals surface area contributed by atoms with Gasteiger partial charge in [0.05, 0.1) is 18.5 Å². The molecule has 0 spiro atoms. The van der Waals surface area contributed by atoms with Gasteiger partial charge in [0.25, 0.3) is 0 Å². The number of carbonyl (C=O) groups is 2. The first-order valence-corrected chi connectivity index (χ1v) is 9.67. The van der Waals surface area contributed by atoms with Crippen molar-refractivity contribution < 1.29 is 9.59 Å². The Labute approximate surface area is 170 Å². The van der Waals surface area contributed by atoms with Crippen molar-refractivity contribution in [1.29, 1.82) is 0 Å². The van der Waals surface area contributed by atoms with Gasteiger partial charge in [0.1, 0.15) is 0 Å². The van der Waals surface area contributed by atoms with Crippen molar-refractivity contribution in [2.45, 2.75) is 18.5 Å². The van der Waals surface area contributed by atoms with Gasteiger partial charge in [-0.05, 0) is 24.2 Å². The summed E-state index contributed by atoms with van der Waals surface area (Å²) in [6.45, 7) is 2.19. The molecule has 3 N–H and O–H groups in total. The molecule has 6 nitrogen and oxygen atoms in total. The van der Waals surface area contributed by atoms with Crippen LogP contribution in [0, 0.1) is 0 Å². The first kappa shape index (κ1) is 20.2. The van der Waals surface area contributed by atoms with Crippen LogP contribution in [0.1, 0.15) is 29.6 Å². The Morgan fingerprint density at radius 3 is 2.50 bits per heavy atom. The fourth-order valence-corrected chi connectivity index (χ4v) is 3.91. The van der Waals surface area contributed by atoms with Gasteiger partial charge in [-0.25, -0.2) is 4.79 Å². The number of hydrogen-bond donors (Lipinski definition) is 2. The summed E-state index contributed by atoms with van der Waals surface area (Å²) in [5.41, 5.74) is 7.13. The smallest absolute Gasteiger partial charge is 0.312 e. The summed E-state index contributed by atoms with van der Waals surface area (Å²) >= 11 is 6.29. The lowest BCUT2D eigenvalue weighted by atomic mass is 9.99. The Hall–Kier alpha value is -2.57. The summed E-state index contributed by atoms with van der Waals surface area (Å²) in [6.07, 6.45) is 0.0969. The molecule has 2 atom stereocenters. The third-order valence-corrected chi connectivity index (χ3v) is 5.41. The summed E-state index contributed by atoms with van der Waals surface area (Å²) in [5.74, 6) is -0.0411. The average Bonchev–Trinajstić information content (AvgIpc) is 2.68. The lowest BCUT2D eigenvalue weighted by molar-refractivity contribution is -0.136. The van der Waals surface area contributed by atoms with Crippen LogP contribution >= 0.6 is 11.6 Å². The number of nitrogens with zero attached hydrogens (tertiary/aromatic N) is 2. The molecule has 0 unspecified atom stereocenters. The highest BCUT2D eigenvalue weighted by atomic mass is 35.5. The van der Waals surface area contributed by atoms with E-state index in [-0.39, 0.29) is 18.4 Å². The third-order valence-electron chi connectivity index (χ3n) is 5.06. The van der Waals surface area contributed by atoms with Gasteiger partial charge in [-0.3, -0.25) is 4.79 Å². The van der Waals surface area contributed by atoms with E-state index in [0.29, 0.717) is 17.1 Å². The van der Waals surface area contributed by atoms with E-state index in [0.717, 1.165) is 18.7 Å². The first-order valence-electron chi connectivity index (χ1n) is 9.29. The molecule has 3 amide bonds. The summed E-state index contributed by atoms with van der Waals surface area (Å²) in [4.78, 5) is 28.9. The number of piperazine rings is 1. The van der Waals surface area contributed by atoms with Crippen molar-refractivity contribution in [3.8, 4) is 0 Å². The van der Waals surface area contributed by atoms with Crippen LogP contribution in [0.3, 0.4) is 0 Å². The van der Waals surface area contributed by atoms with Gasteiger partial charge in [0, 0.05) is 24.7 Å². The van der Waals surface area contributed by atoms with Crippen molar-refractivity contribution in [1.82, 2.24) is 15.1 Å². The minimum Gasteiger partial charge on any atom is -0.352 e. The number of nitrogens with two attached hydrogens (primary N) is 1. The van der Waals surface area contributed by atoms with E-state index >= 15 is 0 Å². The first-order chi connectivity index (χ1) is 13.5. The molecule has 28 heavy (non-hydrogen) atoms. The summed E-state index contributed by atoms with van der Waals surface area (Å²) < 4.78 is 0. The van der Waals surface area contributed by atoms with E-state index < -0.39 is 12.1 Å². The Bertz CT molecular complexity index is 830. The molecule has 0 radical (unpaired) electrons. The normalized spacial score (nSPS) is 18.5. The predicted octanol–water partition coefficient (Wildman–Crippen LogP) is 2.95. The maximum Gasteiger partial charge on any atom is 0.312 e. The van der Waals surface area contributed by atoms with E-state index in [1.807, 2.05) is 41.3 Å². The van der Waals surface area contributed by atoms with E-state index in [1.165, 1.54) is 0 Å². The Balaban J connectivity index is 1.83. The van der Waals surface area contributed by atoms with Crippen LogP contribution in [0.25, 0.3) is 0 Å². The minimum atomic E-state index is -0.685. The van der Waals surface area contributed by atoms with Gasteiger partial charge < -0.3 is 20.9 Å². The number of hydrogen-bond acceptors (Lipinski definition) is 3. The fraction of sp³-hybridized carbons (Fsp3) is 0.333. The average molecular weight is 401 g/mol. The summed E-state index contributed by atoms with van der Waals surface area (Å²) in [5, 5.41) is 3.16. The molecule has 0 aromatic heterocycles. The van der Waals surface area contributed by atoms with Crippen LogP contribution in [0.4, 0.5) is 4.79 Å². The molecule has 1 aliphatic rings. The van der Waals surface area contributed by atoms with Gasteiger partial charge in [0.2, 0.25) is 5.91 Å². The van der Waals surface area contributed by atoms with Crippen molar-refractivity contribution in [3.05, 3.63) is 70.7 Å². The Morgan fingerprint density at radius 1 is 1.14 bits per heavy atom. The zero-order valence-electron chi connectivity index (χ0n) is 15.8. The van der Waals surface area contributed by atoms with Crippen LogP contribution < -0.4 is 11.1 Å². The summed E-state index contributed by atoms with van der Waals surface area (Å²) in [7, 11) is 2.05. The number of benzene rings is 2. The van der Waals surface area contributed by atoms with E-state index in [1.54, 1.807) is 18.2 Å². The van der Waals surface area contributed by atoms with E-state index in [4.69, 9.17) is 17.3 Å². The number of halogens is 1. The molecular formula is C21H25ClN4O2. The molecule has 7 heteroatoms. The molecule has 1 fully saturated rings. The predicted molar refractivity (Wildman–Crippen MR) is 110 cm³/mol. The molecular weight excluding hydrogens is 376 g/mol. The monoisotopic (exact) mass is 400 g/mol. The molecule has 1 saturated heterocycles. The van der Waals surface area contributed by atoms with Crippen molar-refractivity contribution >= 4 is 23.5 Å². The second-order valence-corrected chi connectivity index (χ2v) is 7.47. The van der Waals surface area contributed by atoms with Crippen LogP contribution in [-0.4, -0.2) is 48.4 Å². The van der Waals surface area contributed by atoms with Crippen LogP contribution in [0.5, 0.6) is 0 Å². The highest BCUT2D eigenvalue weighted by molar-refractivity contribution is 6.31. The Kier molecular flexibility index (Phi) is 6.54. The maximum atomic E-state index is 13.2.